The van der Waals surface area contributed by atoms with E-state index in [9.17, 15) is 0 Å². The lowest BCUT2D eigenvalue weighted by molar-refractivity contribution is 0.349. The topological polar surface area (TPSA) is 44.2 Å². The van der Waals surface area contributed by atoms with Crippen molar-refractivity contribution < 1.29 is 9.47 Å². The Bertz CT molecular complexity index is 265. The van der Waals surface area contributed by atoms with Crippen LogP contribution in [0, 0.1) is 0 Å². The second-order valence-electron chi connectivity index (χ2n) is 2.98. The largest absolute Gasteiger partial charge is 0.481 e. The summed E-state index contributed by atoms with van der Waals surface area (Å²) in [5.74, 6) is 0.876. The first-order chi connectivity index (χ1) is 6.17. The molecule has 0 aromatic carbocycles. The molecule has 0 N–H and O–H groups in total. The highest BCUT2D eigenvalue weighted by atomic mass is 16.5. The van der Waals surface area contributed by atoms with Crippen LogP contribution >= 0.6 is 0 Å². The first kappa shape index (κ1) is 9.77. The van der Waals surface area contributed by atoms with E-state index in [0.717, 1.165) is 5.69 Å². The molecule has 0 radical (unpaired) electrons. The molecular weight excluding hydrogens is 168 g/mol. The molecule has 72 valence electrons. The molecule has 0 fully saturated rings. The van der Waals surface area contributed by atoms with Crippen molar-refractivity contribution in [3.05, 3.63) is 11.8 Å². The summed E-state index contributed by atoms with van der Waals surface area (Å²) in [6, 6.07) is 2.16. The predicted molar refractivity (Wildman–Crippen MR) is 49.2 cm³/mol. The summed E-state index contributed by atoms with van der Waals surface area (Å²) in [5, 5.41) is 0. The lowest BCUT2D eigenvalue weighted by Gasteiger charge is -2.07. The SMILES string of the molecule is COc1cc(C(C)C)nc(OC)n1. The number of aromatic nitrogens is 2. The Hall–Kier alpha value is -1.32. The lowest BCUT2D eigenvalue weighted by atomic mass is 10.1. The summed E-state index contributed by atoms with van der Waals surface area (Å²) in [6.45, 7) is 4.11. The van der Waals surface area contributed by atoms with Crippen LogP contribution < -0.4 is 9.47 Å². The number of ether oxygens (including phenoxy) is 2. The van der Waals surface area contributed by atoms with E-state index in [4.69, 9.17) is 9.47 Å². The summed E-state index contributed by atoms with van der Waals surface area (Å²) in [4.78, 5) is 8.18. The zero-order chi connectivity index (χ0) is 9.84. The average molecular weight is 182 g/mol. The van der Waals surface area contributed by atoms with Gasteiger partial charge in [0, 0.05) is 6.07 Å². The molecule has 0 saturated carbocycles. The molecule has 4 nitrogen and oxygen atoms in total. The number of rotatable bonds is 3. The molecule has 0 amide bonds. The van der Waals surface area contributed by atoms with E-state index in [1.54, 1.807) is 14.2 Å². The first-order valence-electron chi connectivity index (χ1n) is 4.14. The Morgan fingerprint density at radius 1 is 1.15 bits per heavy atom. The molecule has 4 heteroatoms. The third kappa shape index (κ3) is 2.31. The number of hydrogen-bond acceptors (Lipinski definition) is 4. The Labute approximate surface area is 77.9 Å². The molecule has 13 heavy (non-hydrogen) atoms. The van der Waals surface area contributed by atoms with Gasteiger partial charge in [0.15, 0.2) is 0 Å². The normalized spacial score (nSPS) is 10.2. The fraction of sp³-hybridized carbons (Fsp3) is 0.556. The fourth-order valence-electron chi connectivity index (χ4n) is 0.912. The van der Waals surface area contributed by atoms with Crippen molar-refractivity contribution in [2.24, 2.45) is 0 Å². The van der Waals surface area contributed by atoms with E-state index in [0.29, 0.717) is 17.8 Å². The standard InChI is InChI=1S/C9H14N2O2/c1-6(2)7-5-8(12-3)11-9(10-7)13-4/h5-6H,1-4H3. The van der Waals surface area contributed by atoms with E-state index in [1.165, 1.54) is 0 Å². The highest BCUT2D eigenvalue weighted by Crippen LogP contribution is 2.19. The summed E-state index contributed by atoms with van der Waals surface area (Å²) < 4.78 is 9.96. The van der Waals surface area contributed by atoms with E-state index in [1.807, 2.05) is 6.07 Å². The van der Waals surface area contributed by atoms with Crippen molar-refractivity contribution >= 4 is 0 Å². The minimum Gasteiger partial charge on any atom is -0.481 e. The second-order valence-corrected chi connectivity index (χ2v) is 2.98. The van der Waals surface area contributed by atoms with Crippen LogP contribution in [0.4, 0.5) is 0 Å². The summed E-state index contributed by atoms with van der Waals surface area (Å²) in [7, 11) is 3.12. The molecular formula is C9H14N2O2. The predicted octanol–water partition coefficient (Wildman–Crippen LogP) is 1.62. The van der Waals surface area contributed by atoms with Crippen molar-refractivity contribution in [1.82, 2.24) is 9.97 Å². The number of methoxy groups -OCH3 is 2. The summed E-state index contributed by atoms with van der Waals surface area (Å²) in [6.07, 6.45) is 0. The molecule has 1 aromatic heterocycles. The van der Waals surface area contributed by atoms with Gasteiger partial charge in [0.1, 0.15) is 0 Å². The minimum atomic E-state index is 0.339. The highest BCUT2D eigenvalue weighted by Gasteiger charge is 2.07. The van der Waals surface area contributed by atoms with Crippen LogP contribution in [0.1, 0.15) is 25.5 Å². The third-order valence-electron chi connectivity index (χ3n) is 1.69. The van der Waals surface area contributed by atoms with Gasteiger partial charge in [-0.05, 0) is 5.92 Å². The first-order valence-corrected chi connectivity index (χ1v) is 4.14. The maximum absolute atomic E-state index is 5.02. The lowest BCUT2D eigenvalue weighted by Crippen LogP contribution is -2.00. The zero-order valence-corrected chi connectivity index (χ0v) is 8.37. The Morgan fingerprint density at radius 3 is 2.31 bits per heavy atom. The molecule has 0 aliphatic heterocycles. The van der Waals surface area contributed by atoms with Crippen molar-refractivity contribution in [3.8, 4) is 11.9 Å². The van der Waals surface area contributed by atoms with E-state index < -0.39 is 0 Å². The minimum absolute atomic E-state index is 0.339. The number of nitrogens with zero attached hydrogens (tertiary/aromatic N) is 2. The maximum atomic E-state index is 5.02. The second kappa shape index (κ2) is 4.07. The van der Waals surface area contributed by atoms with Crippen molar-refractivity contribution in [3.63, 3.8) is 0 Å². The van der Waals surface area contributed by atoms with Gasteiger partial charge in [-0.3, -0.25) is 0 Å². The molecule has 0 unspecified atom stereocenters. The van der Waals surface area contributed by atoms with Gasteiger partial charge in [0.25, 0.3) is 0 Å². The molecule has 1 aromatic rings. The van der Waals surface area contributed by atoms with Gasteiger partial charge in [-0.15, -0.1) is 0 Å². The molecule has 1 heterocycles. The molecule has 1 rings (SSSR count). The average Bonchev–Trinajstić information content (AvgIpc) is 2.16. The Balaban J connectivity index is 3.07. The third-order valence-corrected chi connectivity index (χ3v) is 1.69. The van der Waals surface area contributed by atoms with Crippen molar-refractivity contribution in [1.29, 1.82) is 0 Å². The quantitative estimate of drug-likeness (QED) is 0.712. The smallest absolute Gasteiger partial charge is 0.319 e. The van der Waals surface area contributed by atoms with Crippen LogP contribution in [0.25, 0.3) is 0 Å². The van der Waals surface area contributed by atoms with Crippen LogP contribution in [0.2, 0.25) is 0 Å². The van der Waals surface area contributed by atoms with Gasteiger partial charge in [-0.1, -0.05) is 13.8 Å². The van der Waals surface area contributed by atoms with Crippen molar-refractivity contribution in [2.75, 3.05) is 14.2 Å². The van der Waals surface area contributed by atoms with Crippen molar-refractivity contribution in [2.45, 2.75) is 19.8 Å². The zero-order valence-electron chi connectivity index (χ0n) is 8.37. The maximum Gasteiger partial charge on any atom is 0.319 e. The monoisotopic (exact) mass is 182 g/mol. The van der Waals surface area contributed by atoms with Crippen LogP contribution in [0.3, 0.4) is 0 Å². The van der Waals surface area contributed by atoms with Gasteiger partial charge >= 0.3 is 6.01 Å². The fourth-order valence-corrected chi connectivity index (χ4v) is 0.912. The van der Waals surface area contributed by atoms with Gasteiger partial charge < -0.3 is 9.47 Å². The van der Waals surface area contributed by atoms with Gasteiger partial charge in [0.2, 0.25) is 5.88 Å². The molecule has 0 atom stereocenters. The van der Waals surface area contributed by atoms with Crippen LogP contribution in [0.15, 0.2) is 6.07 Å². The Morgan fingerprint density at radius 2 is 1.85 bits per heavy atom. The summed E-state index contributed by atoms with van der Waals surface area (Å²) in [5.41, 5.74) is 0.920. The number of hydrogen-bond donors (Lipinski definition) is 0. The van der Waals surface area contributed by atoms with E-state index in [2.05, 4.69) is 23.8 Å². The molecule has 0 aliphatic carbocycles. The van der Waals surface area contributed by atoms with Crippen LogP contribution in [-0.2, 0) is 0 Å². The molecule has 0 bridgehead atoms. The van der Waals surface area contributed by atoms with Gasteiger partial charge in [0.05, 0.1) is 19.9 Å². The molecule has 0 spiro atoms. The van der Waals surface area contributed by atoms with Gasteiger partial charge in [-0.25, -0.2) is 0 Å². The van der Waals surface area contributed by atoms with Crippen LogP contribution in [0.5, 0.6) is 11.9 Å². The highest BCUT2D eigenvalue weighted by molar-refractivity contribution is 5.20. The van der Waals surface area contributed by atoms with E-state index in [-0.39, 0.29) is 0 Å². The molecule has 0 aliphatic rings. The molecule has 0 saturated heterocycles. The van der Waals surface area contributed by atoms with Crippen LogP contribution in [-0.4, -0.2) is 24.2 Å². The summed E-state index contributed by atoms with van der Waals surface area (Å²) >= 11 is 0. The van der Waals surface area contributed by atoms with Gasteiger partial charge in [-0.2, -0.15) is 9.97 Å². The Kier molecular flexibility index (Phi) is 3.06. The van der Waals surface area contributed by atoms with E-state index >= 15 is 0 Å².